The highest BCUT2D eigenvalue weighted by Gasteiger charge is 2.35. The number of hydrogen-bond donors (Lipinski definition) is 2. The van der Waals surface area contributed by atoms with E-state index in [1.165, 1.54) is 7.05 Å². The summed E-state index contributed by atoms with van der Waals surface area (Å²) < 4.78 is 27.3. The zero-order chi connectivity index (χ0) is 15.8. The molecule has 1 aromatic heterocycles. The van der Waals surface area contributed by atoms with Crippen LogP contribution in [0.4, 0.5) is 10.7 Å². The quantitative estimate of drug-likeness (QED) is 0.637. The average Bonchev–Trinajstić information content (AvgIpc) is 2.92. The van der Waals surface area contributed by atoms with Crippen molar-refractivity contribution >= 4 is 32.0 Å². The van der Waals surface area contributed by atoms with Crippen molar-refractivity contribution < 1.29 is 13.3 Å². The SMILES string of the molecule is CNc1sc(S(=O)(=O)NC2CCC(C)(C)C2)cc1[N+](=O)[O-]. The van der Waals surface area contributed by atoms with Gasteiger partial charge in [0.05, 0.1) is 4.92 Å². The number of sulfonamides is 1. The van der Waals surface area contributed by atoms with Crippen molar-refractivity contribution in [3.05, 3.63) is 16.2 Å². The molecule has 2 rings (SSSR count). The third-order valence-corrected chi connectivity index (χ3v) is 6.80. The molecule has 9 heteroatoms. The van der Waals surface area contributed by atoms with E-state index in [4.69, 9.17) is 0 Å². The standard InChI is InChI=1S/C12H19N3O4S2/c1-12(2)5-4-8(7-12)14-21(18,19)10-6-9(15(16)17)11(13-3)20-10/h6,8,13-14H,4-5,7H2,1-3H3. The summed E-state index contributed by atoms with van der Waals surface area (Å²) in [6.07, 6.45) is 2.53. The summed E-state index contributed by atoms with van der Waals surface area (Å²) in [7, 11) is -2.19. The van der Waals surface area contributed by atoms with Crippen molar-refractivity contribution in [3.8, 4) is 0 Å². The fraction of sp³-hybridized carbons (Fsp3) is 0.667. The van der Waals surface area contributed by atoms with E-state index in [0.717, 1.165) is 36.7 Å². The van der Waals surface area contributed by atoms with Gasteiger partial charge in [-0.3, -0.25) is 10.1 Å². The zero-order valence-corrected chi connectivity index (χ0v) is 13.8. The average molecular weight is 333 g/mol. The Kier molecular flexibility index (Phi) is 4.27. The van der Waals surface area contributed by atoms with E-state index in [0.29, 0.717) is 0 Å². The predicted octanol–water partition coefficient (Wildman–Crippen LogP) is 2.56. The van der Waals surface area contributed by atoms with Gasteiger partial charge >= 0.3 is 5.69 Å². The summed E-state index contributed by atoms with van der Waals surface area (Å²) in [5, 5.41) is 13.8. The van der Waals surface area contributed by atoms with Crippen molar-refractivity contribution in [2.45, 2.75) is 43.4 Å². The molecule has 0 bridgehead atoms. The fourth-order valence-electron chi connectivity index (χ4n) is 2.62. The number of rotatable bonds is 5. The topological polar surface area (TPSA) is 101 Å². The molecule has 1 aliphatic carbocycles. The first kappa shape index (κ1) is 16.2. The van der Waals surface area contributed by atoms with Gasteiger partial charge in [-0.25, -0.2) is 13.1 Å². The zero-order valence-electron chi connectivity index (χ0n) is 12.2. The summed E-state index contributed by atoms with van der Waals surface area (Å²) >= 11 is 0.875. The van der Waals surface area contributed by atoms with Crippen LogP contribution in [0.15, 0.2) is 10.3 Å². The van der Waals surface area contributed by atoms with Crippen molar-refractivity contribution in [1.29, 1.82) is 0 Å². The summed E-state index contributed by atoms with van der Waals surface area (Å²) in [5.74, 6) is 0. The summed E-state index contributed by atoms with van der Waals surface area (Å²) in [5.41, 5.74) is -0.0836. The predicted molar refractivity (Wildman–Crippen MR) is 82.3 cm³/mol. The van der Waals surface area contributed by atoms with E-state index in [1.54, 1.807) is 0 Å². The fourth-order valence-corrected chi connectivity index (χ4v) is 5.19. The largest absolute Gasteiger partial charge is 0.374 e. The molecule has 0 radical (unpaired) electrons. The molecular formula is C12H19N3O4S2. The van der Waals surface area contributed by atoms with E-state index >= 15 is 0 Å². The summed E-state index contributed by atoms with van der Waals surface area (Å²) in [6, 6.07) is 1.00. The van der Waals surface area contributed by atoms with Crippen LogP contribution in [0.1, 0.15) is 33.1 Å². The third-order valence-electron chi connectivity index (χ3n) is 3.67. The van der Waals surface area contributed by atoms with Gasteiger partial charge in [0, 0.05) is 19.2 Å². The molecule has 0 saturated heterocycles. The lowest BCUT2D eigenvalue weighted by Crippen LogP contribution is -2.33. The normalized spacial score (nSPS) is 21.4. The molecule has 0 aromatic carbocycles. The highest BCUT2D eigenvalue weighted by molar-refractivity contribution is 7.91. The van der Waals surface area contributed by atoms with E-state index < -0.39 is 14.9 Å². The van der Waals surface area contributed by atoms with E-state index in [2.05, 4.69) is 23.9 Å². The first-order chi connectivity index (χ1) is 9.64. The number of nitro groups is 1. The minimum absolute atomic E-state index is 0.0248. The van der Waals surface area contributed by atoms with Crippen LogP contribution in [0.2, 0.25) is 0 Å². The number of anilines is 1. The van der Waals surface area contributed by atoms with Gasteiger partial charge in [0.1, 0.15) is 4.21 Å². The molecule has 118 valence electrons. The highest BCUT2D eigenvalue weighted by atomic mass is 32.2. The Labute approximate surface area is 127 Å². The Hall–Kier alpha value is -1.19. The molecule has 1 aliphatic rings. The Morgan fingerprint density at radius 2 is 2.14 bits per heavy atom. The highest BCUT2D eigenvalue weighted by Crippen LogP contribution is 2.39. The molecule has 1 heterocycles. The lowest BCUT2D eigenvalue weighted by molar-refractivity contribution is -0.383. The molecule has 1 unspecified atom stereocenters. The maximum Gasteiger partial charge on any atom is 0.304 e. The van der Waals surface area contributed by atoms with Crippen LogP contribution >= 0.6 is 11.3 Å². The minimum Gasteiger partial charge on any atom is -0.374 e. The van der Waals surface area contributed by atoms with E-state index in [9.17, 15) is 18.5 Å². The first-order valence-electron chi connectivity index (χ1n) is 6.63. The number of hydrogen-bond acceptors (Lipinski definition) is 6. The smallest absolute Gasteiger partial charge is 0.304 e. The Morgan fingerprint density at radius 3 is 2.57 bits per heavy atom. The van der Waals surface area contributed by atoms with Gasteiger partial charge in [-0.15, -0.1) is 0 Å². The molecule has 7 nitrogen and oxygen atoms in total. The van der Waals surface area contributed by atoms with Gasteiger partial charge in [-0.2, -0.15) is 0 Å². The molecule has 0 spiro atoms. The monoisotopic (exact) mass is 333 g/mol. The maximum atomic E-state index is 12.4. The van der Waals surface area contributed by atoms with Crippen molar-refractivity contribution in [2.24, 2.45) is 5.41 Å². The molecule has 1 aromatic rings. The van der Waals surface area contributed by atoms with Crippen LogP contribution < -0.4 is 10.0 Å². The molecule has 21 heavy (non-hydrogen) atoms. The second kappa shape index (κ2) is 5.54. The Bertz CT molecular complexity index is 651. The first-order valence-corrected chi connectivity index (χ1v) is 8.93. The van der Waals surface area contributed by atoms with Crippen LogP contribution in [-0.2, 0) is 10.0 Å². The van der Waals surface area contributed by atoms with Crippen LogP contribution in [0.25, 0.3) is 0 Å². The minimum atomic E-state index is -3.72. The van der Waals surface area contributed by atoms with Crippen molar-refractivity contribution in [3.63, 3.8) is 0 Å². The molecule has 0 aliphatic heterocycles. The van der Waals surface area contributed by atoms with Gasteiger partial charge in [-0.1, -0.05) is 25.2 Å². The molecule has 0 amide bonds. The molecule has 1 fully saturated rings. The number of nitrogens with one attached hydrogen (secondary N) is 2. The molecular weight excluding hydrogens is 314 g/mol. The van der Waals surface area contributed by atoms with Crippen LogP contribution in [0.5, 0.6) is 0 Å². The number of thiophene rings is 1. The van der Waals surface area contributed by atoms with Gasteiger partial charge in [0.15, 0.2) is 5.00 Å². The van der Waals surface area contributed by atoms with Crippen molar-refractivity contribution in [2.75, 3.05) is 12.4 Å². The molecule has 2 N–H and O–H groups in total. The van der Waals surface area contributed by atoms with Gasteiger partial charge < -0.3 is 5.32 Å². The second-order valence-corrected chi connectivity index (χ2v) is 9.01. The third kappa shape index (κ3) is 3.53. The van der Waals surface area contributed by atoms with Crippen LogP contribution in [0.3, 0.4) is 0 Å². The summed E-state index contributed by atoms with van der Waals surface area (Å²) in [4.78, 5) is 10.3. The Morgan fingerprint density at radius 1 is 1.48 bits per heavy atom. The van der Waals surface area contributed by atoms with E-state index in [1.807, 2.05) is 0 Å². The second-order valence-electron chi connectivity index (χ2n) is 6.01. The lowest BCUT2D eigenvalue weighted by atomic mass is 9.92. The van der Waals surface area contributed by atoms with Crippen LogP contribution in [0, 0.1) is 15.5 Å². The van der Waals surface area contributed by atoms with Gasteiger partial charge in [0.25, 0.3) is 10.0 Å². The number of nitrogens with zero attached hydrogens (tertiary/aromatic N) is 1. The lowest BCUT2D eigenvalue weighted by Gasteiger charge is -2.17. The maximum absolute atomic E-state index is 12.4. The van der Waals surface area contributed by atoms with Gasteiger partial charge in [0.2, 0.25) is 0 Å². The van der Waals surface area contributed by atoms with Crippen LogP contribution in [-0.4, -0.2) is 26.4 Å². The Balaban J connectivity index is 2.22. The van der Waals surface area contributed by atoms with E-state index in [-0.39, 0.29) is 26.4 Å². The summed E-state index contributed by atoms with van der Waals surface area (Å²) in [6.45, 7) is 4.22. The van der Waals surface area contributed by atoms with Gasteiger partial charge in [-0.05, 0) is 24.7 Å². The molecule has 1 atom stereocenters. The van der Waals surface area contributed by atoms with Crippen molar-refractivity contribution in [1.82, 2.24) is 4.72 Å². The molecule has 1 saturated carbocycles.